The number of thiophene rings is 1. The van der Waals surface area contributed by atoms with E-state index in [1.54, 1.807) is 35.5 Å². The lowest BCUT2D eigenvalue weighted by Crippen LogP contribution is -2.39. The first-order chi connectivity index (χ1) is 19.8. The molecule has 0 spiro atoms. The summed E-state index contributed by atoms with van der Waals surface area (Å²) in [5.74, 6) is 0.458. The van der Waals surface area contributed by atoms with Crippen molar-refractivity contribution in [2.24, 2.45) is 5.92 Å². The smallest absolute Gasteiger partial charge is 0.387 e. The number of hydrogen-bond acceptors (Lipinski definition) is 8. The van der Waals surface area contributed by atoms with E-state index >= 15 is 0 Å². The van der Waals surface area contributed by atoms with E-state index in [0.29, 0.717) is 50.9 Å². The summed E-state index contributed by atoms with van der Waals surface area (Å²) in [4.78, 5) is 31.6. The first-order valence-electron chi connectivity index (χ1n) is 13.0. The van der Waals surface area contributed by atoms with E-state index in [2.05, 4.69) is 9.72 Å². The SMILES string of the molecule is O=C(CN1CCSC1C(=O)O[C@@H](Cc1c(Cl)c[nH+]cc1Cl)c1ccc(OC(F)F)c(OCC2CC2)c1)c1cccs1. The number of Topliss-reactive ketones (excluding diaryl/α,β-unsaturated/α-hetero) is 1. The fraction of sp³-hybridized carbons (Fsp3) is 0.393. The van der Waals surface area contributed by atoms with Gasteiger partial charge in [-0.2, -0.15) is 8.78 Å². The molecule has 3 aromatic rings. The molecule has 5 rings (SSSR count). The van der Waals surface area contributed by atoms with Crippen molar-refractivity contribution in [3.8, 4) is 11.5 Å². The monoisotopic (exact) mass is 643 g/mol. The zero-order valence-corrected chi connectivity index (χ0v) is 24.8. The average molecular weight is 645 g/mol. The number of ether oxygens (including phenoxy) is 3. The molecule has 7 nitrogen and oxygen atoms in total. The van der Waals surface area contributed by atoms with Crippen LogP contribution in [0.3, 0.4) is 0 Å². The van der Waals surface area contributed by atoms with Gasteiger partial charge in [0.25, 0.3) is 0 Å². The Bertz CT molecular complexity index is 1360. The number of hydrogen-bond donors (Lipinski definition) is 0. The van der Waals surface area contributed by atoms with Crippen LogP contribution in [0, 0.1) is 5.92 Å². The first-order valence-corrected chi connectivity index (χ1v) is 15.6. The number of nitrogens with zero attached hydrogens (tertiary/aromatic N) is 1. The summed E-state index contributed by atoms with van der Waals surface area (Å²) < 4.78 is 42.8. The fourth-order valence-electron chi connectivity index (χ4n) is 4.39. The van der Waals surface area contributed by atoms with Gasteiger partial charge in [-0.25, -0.2) is 9.78 Å². The van der Waals surface area contributed by atoms with Crippen molar-refractivity contribution in [3.63, 3.8) is 0 Å². The van der Waals surface area contributed by atoms with Crippen molar-refractivity contribution < 1.29 is 37.6 Å². The third-order valence-corrected chi connectivity index (χ3v) is 9.51. The van der Waals surface area contributed by atoms with Gasteiger partial charge in [0.1, 0.15) is 16.1 Å². The summed E-state index contributed by atoms with van der Waals surface area (Å²) >= 11 is 15.6. The lowest BCUT2D eigenvalue weighted by Gasteiger charge is -2.25. The van der Waals surface area contributed by atoms with Crippen LogP contribution in [-0.4, -0.2) is 54.1 Å². The Kier molecular flexibility index (Phi) is 10.0. The van der Waals surface area contributed by atoms with E-state index in [1.165, 1.54) is 29.2 Å². The van der Waals surface area contributed by atoms with Crippen LogP contribution in [0.4, 0.5) is 8.78 Å². The molecule has 0 amide bonds. The van der Waals surface area contributed by atoms with Gasteiger partial charge in [0.15, 0.2) is 35.0 Å². The molecule has 2 atom stereocenters. The number of ketones is 1. The second kappa shape index (κ2) is 13.7. The van der Waals surface area contributed by atoms with Crippen LogP contribution in [0.25, 0.3) is 0 Å². The Hall–Kier alpha value is -2.44. The lowest BCUT2D eigenvalue weighted by atomic mass is 10.0. The molecular formula is C28H27Cl2F2N2O5S2+. The number of aromatic nitrogens is 1. The minimum atomic E-state index is -3.03. The third-order valence-electron chi connectivity index (χ3n) is 6.70. The van der Waals surface area contributed by atoms with E-state index in [1.807, 2.05) is 11.4 Å². The molecule has 1 aromatic carbocycles. The number of thioether (sulfide) groups is 1. The number of esters is 1. The highest BCUT2D eigenvalue weighted by Crippen LogP contribution is 2.38. The van der Waals surface area contributed by atoms with Gasteiger partial charge in [-0.3, -0.25) is 9.69 Å². The quantitative estimate of drug-likeness (QED) is 0.159. The highest BCUT2D eigenvalue weighted by atomic mass is 35.5. The summed E-state index contributed by atoms with van der Waals surface area (Å²) in [6.45, 7) is -2.02. The average Bonchev–Trinajstić information content (AvgIpc) is 3.38. The number of rotatable bonds is 13. The summed E-state index contributed by atoms with van der Waals surface area (Å²) in [5.41, 5.74) is 1.04. The molecule has 0 bridgehead atoms. The molecule has 13 heteroatoms. The second-order valence-corrected chi connectivity index (χ2v) is 12.6. The molecule has 2 aromatic heterocycles. The highest BCUT2D eigenvalue weighted by molar-refractivity contribution is 8.00. The van der Waals surface area contributed by atoms with Gasteiger partial charge in [-0.15, -0.1) is 23.1 Å². The van der Waals surface area contributed by atoms with Crippen molar-refractivity contribution in [2.45, 2.75) is 37.4 Å². The molecule has 218 valence electrons. The van der Waals surface area contributed by atoms with Crippen molar-refractivity contribution in [1.82, 2.24) is 4.90 Å². The summed E-state index contributed by atoms with van der Waals surface area (Å²) in [6, 6.07) is 8.05. The van der Waals surface area contributed by atoms with E-state index in [-0.39, 0.29) is 30.2 Å². The van der Waals surface area contributed by atoms with Gasteiger partial charge in [-0.05, 0) is 47.9 Å². The molecule has 0 radical (unpaired) electrons. The van der Waals surface area contributed by atoms with Gasteiger partial charge in [0, 0.05) is 24.3 Å². The van der Waals surface area contributed by atoms with E-state index in [4.69, 9.17) is 32.7 Å². The topological polar surface area (TPSA) is 79.2 Å². The normalized spacial score (nSPS) is 17.9. The van der Waals surface area contributed by atoms with Gasteiger partial charge in [0.05, 0.1) is 18.0 Å². The maximum absolute atomic E-state index is 13.6. The number of halogens is 4. The highest BCUT2D eigenvalue weighted by Gasteiger charge is 2.36. The molecule has 1 aliphatic heterocycles. The Balaban J connectivity index is 1.40. The Morgan fingerprint density at radius 2 is 1.90 bits per heavy atom. The number of pyridine rings is 1. The number of aromatic amines is 1. The number of H-pyrrole nitrogens is 1. The number of alkyl halides is 2. The maximum atomic E-state index is 13.6. The molecule has 1 N–H and O–H groups in total. The standard InChI is InChI=1S/C28H26Cl2F2N2O5S2/c29-19-12-33-13-20(30)18(19)11-23(17-5-6-22(39-28(31)32)24(10-17)37-15-16-3-4-16)38-27(36)26-34(7-9-41-26)14-21(35)25-2-1-8-40-25/h1-2,5-6,8,10,12-13,16,23,26,28H,3-4,7,9,11,14-15H2/p+1/t23-,26?/m0/s1. The molecule has 1 aliphatic carbocycles. The maximum Gasteiger partial charge on any atom is 0.387 e. The van der Waals surface area contributed by atoms with E-state index < -0.39 is 24.1 Å². The molecule has 2 fully saturated rings. The first kappa shape index (κ1) is 30.0. The van der Waals surface area contributed by atoms with Gasteiger partial charge < -0.3 is 14.2 Å². The summed E-state index contributed by atoms with van der Waals surface area (Å²) in [6.07, 6.45) is 4.38. The van der Waals surface area contributed by atoms with Crippen LogP contribution >= 0.6 is 46.3 Å². The zero-order valence-electron chi connectivity index (χ0n) is 21.7. The van der Waals surface area contributed by atoms with Gasteiger partial charge in [0.2, 0.25) is 0 Å². The van der Waals surface area contributed by atoms with Crippen molar-refractivity contribution in [3.05, 3.63) is 74.2 Å². The van der Waals surface area contributed by atoms with Crippen molar-refractivity contribution >= 4 is 58.1 Å². The van der Waals surface area contributed by atoms with Gasteiger partial charge in [-0.1, -0.05) is 35.3 Å². The van der Waals surface area contributed by atoms with Crippen LogP contribution in [-0.2, 0) is 16.0 Å². The molecule has 2 aliphatic rings. The molecule has 41 heavy (non-hydrogen) atoms. The van der Waals surface area contributed by atoms with Crippen LogP contribution in [0.15, 0.2) is 48.1 Å². The predicted molar refractivity (Wildman–Crippen MR) is 153 cm³/mol. The van der Waals surface area contributed by atoms with Crippen LogP contribution in [0.1, 0.15) is 39.7 Å². The van der Waals surface area contributed by atoms with E-state index in [0.717, 1.165) is 12.8 Å². The zero-order chi connectivity index (χ0) is 28.9. The minimum Gasteiger partial charge on any atom is -0.489 e. The number of carbonyl (C=O) groups is 2. The predicted octanol–water partition coefficient (Wildman–Crippen LogP) is 6.34. The Morgan fingerprint density at radius 3 is 2.59 bits per heavy atom. The number of nitrogens with one attached hydrogen (secondary N) is 1. The van der Waals surface area contributed by atoms with Crippen LogP contribution in [0.5, 0.6) is 11.5 Å². The largest absolute Gasteiger partial charge is 0.489 e. The molecule has 3 heterocycles. The Morgan fingerprint density at radius 1 is 1.12 bits per heavy atom. The van der Waals surface area contributed by atoms with Gasteiger partial charge >= 0.3 is 12.6 Å². The van der Waals surface area contributed by atoms with Crippen LogP contribution < -0.4 is 14.5 Å². The summed E-state index contributed by atoms with van der Waals surface area (Å²) in [7, 11) is 0. The van der Waals surface area contributed by atoms with Crippen molar-refractivity contribution in [1.29, 1.82) is 0 Å². The minimum absolute atomic E-state index is 0.0666. The molecule has 1 saturated heterocycles. The molecule has 1 saturated carbocycles. The lowest BCUT2D eigenvalue weighted by molar-refractivity contribution is -0.377. The molecular weight excluding hydrogens is 617 g/mol. The van der Waals surface area contributed by atoms with Crippen LogP contribution in [0.2, 0.25) is 10.0 Å². The number of carbonyl (C=O) groups excluding carboxylic acids is 2. The third kappa shape index (κ3) is 7.90. The number of benzene rings is 1. The van der Waals surface area contributed by atoms with E-state index in [9.17, 15) is 18.4 Å². The molecule has 1 unspecified atom stereocenters. The van der Waals surface area contributed by atoms with Crippen molar-refractivity contribution in [2.75, 3.05) is 25.4 Å². The Labute approximate surface area is 254 Å². The second-order valence-electron chi connectivity index (χ2n) is 9.69. The fourth-order valence-corrected chi connectivity index (χ4v) is 6.72. The summed E-state index contributed by atoms with van der Waals surface area (Å²) in [5, 5.41) is 1.84.